The van der Waals surface area contributed by atoms with Gasteiger partial charge in [0.1, 0.15) is 5.60 Å². The number of aryl methyl sites for hydroxylation is 1. The predicted octanol–water partition coefficient (Wildman–Crippen LogP) is 4.40. The molecule has 3 rings (SSSR count). The van der Waals surface area contributed by atoms with Crippen LogP contribution in [-0.2, 0) is 5.60 Å². The van der Waals surface area contributed by atoms with Crippen LogP contribution in [0.1, 0.15) is 23.6 Å². The molecule has 1 heteroatoms. The molecule has 0 aliphatic carbocycles. The van der Waals surface area contributed by atoms with Gasteiger partial charge in [-0.1, -0.05) is 66.2 Å². The van der Waals surface area contributed by atoms with Crippen molar-refractivity contribution >= 4 is 10.8 Å². The molecule has 1 unspecified atom stereocenters. The second kappa shape index (κ2) is 4.77. The molecule has 0 amide bonds. The van der Waals surface area contributed by atoms with Crippen LogP contribution in [0.4, 0.5) is 0 Å². The van der Waals surface area contributed by atoms with Gasteiger partial charge in [-0.2, -0.15) is 0 Å². The number of rotatable bonds is 2. The highest BCUT2D eigenvalue weighted by Gasteiger charge is 2.25. The fourth-order valence-corrected chi connectivity index (χ4v) is 2.54. The fourth-order valence-electron chi connectivity index (χ4n) is 2.54. The lowest BCUT2D eigenvalue weighted by Crippen LogP contribution is -2.22. The highest BCUT2D eigenvalue weighted by atomic mass is 16.3. The van der Waals surface area contributed by atoms with Crippen molar-refractivity contribution in [3.05, 3.63) is 83.4 Å². The lowest BCUT2D eigenvalue weighted by molar-refractivity contribution is 0.102. The van der Waals surface area contributed by atoms with Crippen LogP contribution in [0, 0.1) is 6.92 Å². The van der Waals surface area contributed by atoms with Crippen molar-refractivity contribution < 1.29 is 5.11 Å². The van der Waals surface area contributed by atoms with Crippen LogP contribution in [0.5, 0.6) is 0 Å². The molecule has 0 radical (unpaired) electrons. The van der Waals surface area contributed by atoms with E-state index in [9.17, 15) is 5.11 Å². The molecule has 0 heterocycles. The zero-order valence-corrected chi connectivity index (χ0v) is 11.8. The van der Waals surface area contributed by atoms with Crippen LogP contribution in [0.15, 0.2) is 66.7 Å². The van der Waals surface area contributed by atoms with Crippen LogP contribution in [0.2, 0.25) is 0 Å². The Morgan fingerprint density at radius 3 is 2.05 bits per heavy atom. The quantitative estimate of drug-likeness (QED) is 0.725. The monoisotopic (exact) mass is 262 g/mol. The standard InChI is InChI=1S/C19H18O/c1-14-7-10-17(11-8-14)19(2,20)18-12-9-15-5-3-4-6-16(15)13-18/h3-13,20H,1-2H3. The SMILES string of the molecule is Cc1ccc(C(C)(O)c2ccc3ccccc3c2)cc1. The van der Waals surface area contributed by atoms with Crippen molar-refractivity contribution in [1.82, 2.24) is 0 Å². The summed E-state index contributed by atoms with van der Waals surface area (Å²) in [5.41, 5.74) is 2.05. The molecule has 1 nitrogen and oxygen atoms in total. The van der Waals surface area contributed by atoms with Crippen molar-refractivity contribution in [3.8, 4) is 0 Å². The number of fused-ring (bicyclic) bond motifs is 1. The Hall–Kier alpha value is -2.12. The van der Waals surface area contributed by atoms with Gasteiger partial charge in [0.05, 0.1) is 0 Å². The first-order valence-electron chi connectivity index (χ1n) is 6.86. The van der Waals surface area contributed by atoms with E-state index in [2.05, 4.69) is 31.2 Å². The highest BCUT2D eigenvalue weighted by Crippen LogP contribution is 2.31. The number of hydrogen-bond acceptors (Lipinski definition) is 1. The molecule has 0 saturated carbocycles. The molecule has 1 N–H and O–H groups in total. The summed E-state index contributed by atoms with van der Waals surface area (Å²) in [7, 11) is 0. The molecular weight excluding hydrogens is 244 g/mol. The molecule has 0 saturated heterocycles. The van der Waals surface area contributed by atoms with E-state index in [4.69, 9.17) is 0 Å². The highest BCUT2D eigenvalue weighted by molar-refractivity contribution is 5.83. The van der Waals surface area contributed by atoms with Crippen LogP contribution in [-0.4, -0.2) is 5.11 Å². The lowest BCUT2D eigenvalue weighted by Gasteiger charge is -2.25. The van der Waals surface area contributed by atoms with Gasteiger partial charge < -0.3 is 5.11 Å². The molecule has 3 aromatic rings. The van der Waals surface area contributed by atoms with Gasteiger partial charge >= 0.3 is 0 Å². The Kier molecular flexibility index (Phi) is 3.07. The van der Waals surface area contributed by atoms with E-state index in [0.717, 1.165) is 16.5 Å². The minimum Gasteiger partial charge on any atom is -0.381 e. The van der Waals surface area contributed by atoms with Crippen molar-refractivity contribution in [2.45, 2.75) is 19.4 Å². The van der Waals surface area contributed by atoms with E-state index in [1.54, 1.807) is 0 Å². The lowest BCUT2D eigenvalue weighted by atomic mass is 9.87. The molecule has 0 fully saturated rings. The molecule has 0 aromatic heterocycles. The number of benzene rings is 3. The second-order valence-electron chi connectivity index (χ2n) is 5.50. The van der Waals surface area contributed by atoms with Crippen molar-refractivity contribution in [2.75, 3.05) is 0 Å². The van der Waals surface area contributed by atoms with Gasteiger partial charge in [0, 0.05) is 0 Å². The Labute approximate surface area is 119 Å². The van der Waals surface area contributed by atoms with Crippen molar-refractivity contribution in [3.63, 3.8) is 0 Å². The normalized spacial score (nSPS) is 14.2. The van der Waals surface area contributed by atoms with E-state index >= 15 is 0 Å². The van der Waals surface area contributed by atoms with E-state index < -0.39 is 5.60 Å². The van der Waals surface area contributed by atoms with Crippen LogP contribution >= 0.6 is 0 Å². The summed E-state index contributed by atoms with van der Waals surface area (Å²) in [5, 5.41) is 13.2. The first-order valence-corrected chi connectivity index (χ1v) is 6.86. The molecule has 3 aromatic carbocycles. The summed E-state index contributed by atoms with van der Waals surface area (Å²) >= 11 is 0. The Morgan fingerprint density at radius 1 is 0.750 bits per heavy atom. The summed E-state index contributed by atoms with van der Waals surface area (Å²) < 4.78 is 0. The minimum absolute atomic E-state index is 0.915. The molecule has 100 valence electrons. The van der Waals surface area contributed by atoms with E-state index in [1.807, 2.05) is 49.4 Å². The van der Waals surface area contributed by atoms with Gasteiger partial charge in [0.15, 0.2) is 0 Å². The van der Waals surface area contributed by atoms with Gasteiger partial charge in [0.2, 0.25) is 0 Å². The average molecular weight is 262 g/mol. The van der Waals surface area contributed by atoms with Crippen LogP contribution in [0.3, 0.4) is 0 Å². The molecule has 0 bridgehead atoms. The van der Waals surface area contributed by atoms with Crippen LogP contribution < -0.4 is 0 Å². The maximum absolute atomic E-state index is 10.9. The maximum Gasteiger partial charge on any atom is 0.112 e. The van der Waals surface area contributed by atoms with Gasteiger partial charge in [-0.25, -0.2) is 0 Å². The molecule has 0 spiro atoms. The van der Waals surface area contributed by atoms with Crippen LogP contribution in [0.25, 0.3) is 10.8 Å². The maximum atomic E-state index is 10.9. The summed E-state index contributed by atoms with van der Waals surface area (Å²) in [6.45, 7) is 3.90. The molecule has 1 atom stereocenters. The van der Waals surface area contributed by atoms with E-state index in [-0.39, 0.29) is 0 Å². The molecular formula is C19H18O. The largest absolute Gasteiger partial charge is 0.381 e. The first kappa shape index (κ1) is 12.9. The Bertz CT molecular complexity index is 739. The zero-order chi connectivity index (χ0) is 14.2. The smallest absolute Gasteiger partial charge is 0.112 e. The third-order valence-corrected chi connectivity index (χ3v) is 3.93. The van der Waals surface area contributed by atoms with Crippen molar-refractivity contribution in [1.29, 1.82) is 0 Å². The van der Waals surface area contributed by atoms with Gasteiger partial charge in [0.25, 0.3) is 0 Å². The summed E-state index contributed by atoms with van der Waals surface area (Å²) in [5.74, 6) is 0. The fraction of sp³-hybridized carbons (Fsp3) is 0.158. The third kappa shape index (κ3) is 2.21. The number of hydrogen-bond donors (Lipinski definition) is 1. The van der Waals surface area contributed by atoms with Gasteiger partial charge in [-0.05, 0) is 41.8 Å². The van der Waals surface area contributed by atoms with E-state index in [1.165, 1.54) is 10.9 Å². The van der Waals surface area contributed by atoms with Gasteiger partial charge in [-0.3, -0.25) is 0 Å². The molecule has 0 aliphatic rings. The molecule has 0 aliphatic heterocycles. The topological polar surface area (TPSA) is 20.2 Å². The molecule has 20 heavy (non-hydrogen) atoms. The predicted molar refractivity (Wildman–Crippen MR) is 83.8 cm³/mol. The van der Waals surface area contributed by atoms with Gasteiger partial charge in [-0.15, -0.1) is 0 Å². The summed E-state index contributed by atoms with van der Waals surface area (Å²) in [6.07, 6.45) is 0. The van der Waals surface area contributed by atoms with Crippen molar-refractivity contribution in [2.24, 2.45) is 0 Å². The first-order chi connectivity index (χ1) is 9.57. The Balaban J connectivity index is 2.10. The number of aliphatic hydroxyl groups is 1. The Morgan fingerprint density at radius 2 is 1.35 bits per heavy atom. The minimum atomic E-state index is -0.974. The average Bonchev–Trinajstić information content (AvgIpc) is 2.47. The van der Waals surface area contributed by atoms with E-state index in [0.29, 0.717) is 0 Å². The second-order valence-corrected chi connectivity index (χ2v) is 5.50. The summed E-state index contributed by atoms with van der Waals surface area (Å²) in [4.78, 5) is 0. The summed E-state index contributed by atoms with van der Waals surface area (Å²) in [6, 6.07) is 22.4. The third-order valence-electron chi connectivity index (χ3n) is 3.93. The zero-order valence-electron chi connectivity index (χ0n) is 11.8.